The highest BCUT2D eigenvalue weighted by Gasteiger charge is 2.37. The first-order valence-electron chi connectivity index (χ1n) is 22.0. The van der Waals surface area contributed by atoms with Crippen LogP contribution in [-0.4, -0.2) is 21.1 Å². The fourth-order valence-electron chi connectivity index (χ4n) is 10.4. The molecule has 4 nitrogen and oxygen atoms in total. The summed E-state index contributed by atoms with van der Waals surface area (Å²) < 4.78 is 6.57. The quantitative estimate of drug-likeness (QED) is 0.119. The molecule has 2 heterocycles. The molecule has 0 amide bonds. The van der Waals surface area contributed by atoms with Crippen LogP contribution < -0.4 is 4.74 Å². The van der Waals surface area contributed by atoms with E-state index in [1.807, 2.05) is 24.3 Å². The average Bonchev–Trinajstić information content (AvgIpc) is 3.84. The number of nitrogens with zero attached hydrogens (tertiary/aromatic N) is 3. The third-order valence-corrected chi connectivity index (χ3v) is 13.5. The van der Waals surface area contributed by atoms with Gasteiger partial charge in [0, 0.05) is 33.6 Å². The summed E-state index contributed by atoms with van der Waals surface area (Å²) >= 11 is 0. The monoisotopic (exact) mass is 821 g/mol. The number of ether oxygens (including phenoxy) is 1. The topological polar surface area (TPSA) is 47.9 Å². The summed E-state index contributed by atoms with van der Waals surface area (Å²) in [7, 11) is 0. The van der Waals surface area contributed by atoms with Gasteiger partial charge in [-0.15, -0.1) is 0 Å². The van der Waals surface area contributed by atoms with E-state index in [0.717, 1.165) is 44.7 Å². The zero-order valence-electron chi connectivity index (χ0n) is 35.7. The zero-order valence-corrected chi connectivity index (χ0v) is 35.7. The van der Waals surface area contributed by atoms with Gasteiger partial charge in [0.05, 0.1) is 0 Å². The third-order valence-electron chi connectivity index (χ3n) is 13.5. The lowest BCUT2D eigenvalue weighted by Gasteiger charge is -2.21. The van der Waals surface area contributed by atoms with Gasteiger partial charge in [-0.1, -0.05) is 209 Å². The Morgan fingerprint density at radius 2 is 1.03 bits per heavy atom. The van der Waals surface area contributed by atoms with Gasteiger partial charge < -0.3 is 4.74 Å². The van der Waals surface area contributed by atoms with E-state index in [2.05, 4.69) is 196 Å². The fraction of sp³-hybridized carbons (Fsp3) is 0.0833. The Hall–Kier alpha value is -7.95. The van der Waals surface area contributed by atoms with Crippen molar-refractivity contribution in [1.29, 1.82) is 0 Å². The first-order valence-corrected chi connectivity index (χ1v) is 22.0. The molecule has 0 bridgehead atoms. The van der Waals surface area contributed by atoms with Gasteiger partial charge in [-0.2, -0.15) is 0 Å². The molecule has 64 heavy (non-hydrogen) atoms. The SMILES string of the molecule is C=CC1Oc2cccc(-c3ccc(-c4nc(-c5ccccc5)nc(-c5cccc6c5-c5ccccc5C6(C)C)n4)cc3)c2C1/C=C/c1ccc2c3ccccc3c3ccccc3c2c1. The Labute approximate surface area is 372 Å². The molecule has 0 N–H and O–H groups in total. The molecule has 0 spiro atoms. The van der Waals surface area contributed by atoms with Gasteiger partial charge in [-0.25, -0.2) is 15.0 Å². The molecule has 1 aromatic heterocycles. The lowest BCUT2D eigenvalue weighted by Crippen LogP contribution is -2.14. The van der Waals surface area contributed by atoms with Crippen LogP contribution in [-0.2, 0) is 5.41 Å². The van der Waals surface area contributed by atoms with Gasteiger partial charge in [0.15, 0.2) is 17.5 Å². The van der Waals surface area contributed by atoms with E-state index in [4.69, 9.17) is 19.7 Å². The van der Waals surface area contributed by atoms with E-state index in [1.165, 1.54) is 54.6 Å². The van der Waals surface area contributed by atoms with Crippen molar-refractivity contribution in [2.24, 2.45) is 0 Å². The molecule has 12 rings (SSSR count). The Morgan fingerprint density at radius 3 is 1.75 bits per heavy atom. The molecule has 0 saturated carbocycles. The van der Waals surface area contributed by atoms with Crippen molar-refractivity contribution in [2.75, 3.05) is 0 Å². The summed E-state index contributed by atoms with van der Waals surface area (Å²) in [6.07, 6.45) is 6.26. The predicted octanol–water partition coefficient (Wildman–Crippen LogP) is 15.0. The summed E-state index contributed by atoms with van der Waals surface area (Å²) in [5.74, 6) is 2.78. The van der Waals surface area contributed by atoms with Gasteiger partial charge in [0.1, 0.15) is 11.9 Å². The fourth-order valence-corrected chi connectivity index (χ4v) is 10.4. The van der Waals surface area contributed by atoms with Gasteiger partial charge in [-0.3, -0.25) is 0 Å². The van der Waals surface area contributed by atoms with Gasteiger partial charge in [-0.05, 0) is 83.4 Å². The van der Waals surface area contributed by atoms with Gasteiger partial charge in [0.2, 0.25) is 0 Å². The number of hydrogen-bond acceptors (Lipinski definition) is 4. The maximum atomic E-state index is 6.57. The summed E-state index contributed by atoms with van der Waals surface area (Å²) in [4.78, 5) is 15.5. The van der Waals surface area contributed by atoms with Crippen molar-refractivity contribution in [2.45, 2.75) is 31.3 Å². The molecule has 4 heteroatoms. The molecule has 304 valence electrons. The van der Waals surface area contributed by atoms with Crippen molar-refractivity contribution in [1.82, 2.24) is 15.0 Å². The maximum Gasteiger partial charge on any atom is 0.164 e. The summed E-state index contributed by atoms with van der Waals surface area (Å²) in [6.45, 7) is 8.80. The van der Waals surface area contributed by atoms with Crippen LogP contribution in [0.25, 0.3) is 94.8 Å². The molecule has 0 fully saturated rings. The van der Waals surface area contributed by atoms with Crippen LogP contribution in [0.2, 0.25) is 0 Å². The van der Waals surface area contributed by atoms with Gasteiger partial charge in [0.25, 0.3) is 0 Å². The van der Waals surface area contributed by atoms with E-state index in [-0.39, 0.29) is 17.4 Å². The Bertz CT molecular complexity index is 3500. The number of hydrogen-bond donors (Lipinski definition) is 0. The molecule has 0 saturated heterocycles. The highest BCUT2D eigenvalue weighted by molar-refractivity contribution is 6.25. The van der Waals surface area contributed by atoms with Crippen LogP contribution in [0.5, 0.6) is 5.75 Å². The smallest absolute Gasteiger partial charge is 0.164 e. The van der Waals surface area contributed by atoms with Crippen molar-refractivity contribution in [3.8, 4) is 62.2 Å². The Morgan fingerprint density at radius 1 is 0.484 bits per heavy atom. The van der Waals surface area contributed by atoms with E-state index in [1.54, 1.807) is 0 Å². The van der Waals surface area contributed by atoms with Crippen LogP contribution in [0.3, 0.4) is 0 Å². The van der Waals surface area contributed by atoms with Crippen LogP contribution in [0.15, 0.2) is 201 Å². The number of fused-ring (bicyclic) bond motifs is 10. The molecular weight excluding hydrogens is 779 g/mol. The second-order valence-electron chi connectivity index (χ2n) is 17.5. The Balaban J connectivity index is 0.923. The van der Waals surface area contributed by atoms with Crippen LogP contribution >= 0.6 is 0 Å². The highest BCUT2D eigenvalue weighted by Crippen LogP contribution is 2.52. The standard InChI is InChI=1S/C60H43N3O/c1-4-53-48(35-29-37-28-34-46-44-20-9-8-18-42(44)43-19-10-11-21-45(43)50(46)36-37)56-41(23-15-27-54(56)64-53)38-30-32-40(33-31-38)58-61-57(39-16-6-5-7-17-39)62-59(63-58)49-24-14-26-52-55(49)47-22-12-13-25-51(47)60(52,2)3/h4-36,48,53H,1H2,2-3H3/b35-29+. The molecular formula is C60H43N3O. The van der Waals surface area contributed by atoms with E-state index in [0.29, 0.717) is 17.5 Å². The molecule has 2 aliphatic rings. The van der Waals surface area contributed by atoms with Crippen LogP contribution in [0.1, 0.15) is 42.0 Å². The number of aromatic nitrogens is 3. The minimum absolute atomic E-state index is 0.0327. The first-order chi connectivity index (χ1) is 31.4. The minimum atomic E-state index is -0.200. The lowest BCUT2D eigenvalue weighted by atomic mass is 9.82. The third kappa shape index (κ3) is 6.01. The van der Waals surface area contributed by atoms with E-state index >= 15 is 0 Å². The Kier molecular flexibility index (Phi) is 8.77. The van der Waals surface area contributed by atoms with Crippen molar-refractivity contribution in [3.05, 3.63) is 223 Å². The number of rotatable bonds is 7. The molecule has 1 aliphatic carbocycles. The normalized spacial score (nSPS) is 15.9. The second kappa shape index (κ2) is 14.9. The van der Waals surface area contributed by atoms with E-state index < -0.39 is 0 Å². The summed E-state index contributed by atoms with van der Waals surface area (Å²) in [5, 5.41) is 7.61. The summed E-state index contributed by atoms with van der Waals surface area (Å²) in [6, 6.07) is 64.6. The second-order valence-corrected chi connectivity index (χ2v) is 17.5. The largest absolute Gasteiger partial charge is 0.485 e. The maximum absolute atomic E-state index is 6.57. The van der Waals surface area contributed by atoms with Crippen LogP contribution in [0, 0.1) is 0 Å². The van der Waals surface area contributed by atoms with Crippen LogP contribution in [0.4, 0.5) is 0 Å². The number of benzene rings is 9. The van der Waals surface area contributed by atoms with E-state index in [9.17, 15) is 0 Å². The van der Waals surface area contributed by atoms with Gasteiger partial charge >= 0.3 is 0 Å². The molecule has 10 aromatic rings. The molecule has 2 unspecified atom stereocenters. The first kappa shape index (κ1) is 37.8. The van der Waals surface area contributed by atoms with Crippen molar-refractivity contribution in [3.63, 3.8) is 0 Å². The average molecular weight is 822 g/mol. The molecule has 1 aliphatic heterocycles. The van der Waals surface area contributed by atoms with Crippen molar-refractivity contribution >= 4 is 38.4 Å². The minimum Gasteiger partial charge on any atom is -0.485 e. The molecule has 0 radical (unpaired) electrons. The van der Waals surface area contributed by atoms with Crippen molar-refractivity contribution < 1.29 is 4.74 Å². The summed E-state index contributed by atoms with van der Waals surface area (Å²) in [5.41, 5.74) is 12.3. The zero-order chi connectivity index (χ0) is 42.9. The molecule has 2 atom stereocenters. The molecule has 9 aromatic carbocycles. The lowest BCUT2D eigenvalue weighted by molar-refractivity contribution is 0.271. The predicted molar refractivity (Wildman–Crippen MR) is 264 cm³/mol. The highest BCUT2D eigenvalue weighted by atomic mass is 16.5.